The topological polar surface area (TPSA) is 84.9 Å². The summed E-state index contributed by atoms with van der Waals surface area (Å²) in [5, 5.41) is 2.69. The lowest BCUT2D eigenvalue weighted by atomic mass is 10.0. The molecular formula is C22H24N2O5. The summed E-state index contributed by atoms with van der Waals surface area (Å²) in [6, 6.07) is 12.4. The molecule has 1 N–H and O–H groups in total. The molecule has 0 aromatic heterocycles. The van der Waals surface area contributed by atoms with Crippen molar-refractivity contribution in [3.8, 4) is 11.5 Å². The second-order valence-electron chi connectivity index (χ2n) is 6.61. The van der Waals surface area contributed by atoms with Crippen LogP contribution in [0.15, 0.2) is 42.5 Å². The summed E-state index contributed by atoms with van der Waals surface area (Å²) < 4.78 is 10.8. The molecule has 0 atom stereocenters. The quantitative estimate of drug-likeness (QED) is 0.492. The fourth-order valence-electron chi connectivity index (χ4n) is 3.17. The van der Waals surface area contributed by atoms with Gasteiger partial charge in [-0.15, -0.1) is 0 Å². The smallest absolute Gasteiger partial charge is 0.257 e. The molecule has 152 valence electrons. The molecule has 2 amide bonds. The Morgan fingerprint density at radius 3 is 2.52 bits per heavy atom. The van der Waals surface area contributed by atoms with Gasteiger partial charge in [-0.25, -0.2) is 0 Å². The van der Waals surface area contributed by atoms with Crippen molar-refractivity contribution in [3.05, 3.63) is 53.6 Å². The average Bonchev–Trinajstić information content (AvgIpc) is 3.15. The third-order valence-corrected chi connectivity index (χ3v) is 4.64. The fourth-order valence-corrected chi connectivity index (χ4v) is 3.17. The largest absolute Gasteiger partial charge is 0.494 e. The zero-order chi connectivity index (χ0) is 20.6. The SMILES string of the molecule is CCOc1ccc(OCC(=O)NCCC(=O)c2ccc3c(c2)CCN3C=O)cc1. The van der Waals surface area contributed by atoms with E-state index in [0.29, 0.717) is 24.5 Å². The van der Waals surface area contributed by atoms with Crippen molar-refractivity contribution >= 4 is 23.8 Å². The van der Waals surface area contributed by atoms with Crippen molar-refractivity contribution in [2.75, 3.05) is 31.2 Å². The van der Waals surface area contributed by atoms with Gasteiger partial charge in [-0.1, -0.05) is 0 Å². The van der Waals surface area contributed by atoms with E-state index in [1.807, 2.05) is 13.0 Å². The van der Waals surface area contributed by atoms with E-state index in [1.54, 1.807) is 41.3 Å². The number of anilines is 1. The normalized spacial score (nSPS) is 12.2. The van der Waals surface area contributed by atoms with Gasteiger partial charge in [-0.05, 0) is 61.4 Å². The second kappa shape index (κ2) is 9.73. The van der Waals surface area contributed by atoms with Gasteiger partial charge >= 0.3 is 0 Å². The molecule has 0 aliphatic carbocycles. The second-order valence-corrected chi connectivity index (χ2v) is 6.61. The minimum atomic E-state index is -0.290. The summed E-state index contributed by atoms with van der Waals surface area (Å²) in [6.45, 7) is 3.25. The van der Waals surface area contributed by atoms with Crippen LogP contribution in [0.2, 0.25) is 0 Å². The van der Waals surface area contributed by atoms with Crippen LogP contribution in [0.1, 0.15) is 29.3 Å². The van der Waals surface area contributed by atoms with E-state index in [-0.39, 0.29) is 31.3 Å². The van der Waals surface area contributed by atoms with Crippen LogP contribution < -0.4 is 19.7 Å². The Kier molecular flexibility index (Phi) is 6.84. The van der Waals surface area contributed by atoms with Crippen molar-refractivity contribution in [2.45, 2.75) is 19.8 Å². The molecule has 29 heavy (non-hydrogen) atoms. The zero-order valence-electron chi connectivity index (χ0n) is 16.3. The molecule has 0 saturated carbocycles. The maximum Gasteiger partial charge on any atom is 0.257 e. The number of hydrogen-bond acceptors (Lipinski definition) is 5. The van der Waals surface area contributed by atoms with Crippen LogP contribution in [0.5, 0.6) is 11.5 Å². The number of amides is 2. The first-order valence-corrected chi connectivity index (χ1v) is 9.61. The number of rotatable bonds is 10. The van der Waals surface area contributed by atoms with Gasteiger partial charge in [0.25, 0.3) is 5.91 Å². The predicted octanol–water partition coefficient (Wildman–Crippen LogP) is 2.37. The third kappa shape index (κ3) is 5.34. The summed E-state index contributed by atoms with van der Waals surface area (Å²) in [5.74, 6) is 0.975. The van der Waals surface area contributed by atoms with E-state index in [2.05, 4.69) is 5.32 Å². The first-order valence-electron chi connectivity index (χ1n) is 9.61. The van der Waals surface area contributed by atoms with Gasteiger partial charge in [0.05, 0.1) is 6.61 Å². The Morgan fingerprint density at radius 1 is 1.10 bits per heavy atom. The van der Waals surface area contributed by atoms with E-state index < -0.39 is 0 Å². The van der Waals surface area contributed by atoms with Crippen LogP contribution in [-0.2, 0) is 16.0 Å². The van der Waals surface area contributed by atoms with Crippen molar-refractivity contribution in [1.82, 2.24) is 5.32 Å². The standard InChI is InChI=1S/C22H24N2O5/c1-2-28-18-4-6-19(7-5-18)29-14-22(27)23-11-9-21(26)17-3-8-20-16(13-17)10-12-24(20)15-25/h3-8,13,15H,2,9-12,14H2,1H3,(H,23,27). The van der Waals surface area contributed by atoms with Crippen LogP contribution in [-0.4, -0.2) is 44.4 Å². The summed E-state index contributed by atoms with van der Waals surface area (Å²) >= 11 is 0. The molecule has 0 spiro atoms. The minimum absolute atomic E-state index is 0.0508. The monoisotopic (exact) mass is 396 g/mol. The molecule has 3 rings (SSSR count). The number of hydrogen-bond donors (Lipinski definition) is 1. The lowest BCUT2D eigenvalue weighted by molar-refractivity contribution is -0.123. The van der Waals surface area contributed by atoms with E-state index in [0.717, 1.165) is 29.8 Å². The number of nitrogens with zero attached hydrogens (tertiary/aromatic N) is 1. The highest BCUT2D eigenvalue weighted by atomic mass is 16.5. The molecule has 0 bridgehead atoms. The number of carbonyl (C=O) groups is 3. The first kappa shape index (κ1) is 20.4. The third-order valence-electron chi connectivity index (χ3n) is 4.64. The van der Waals surface area contributed by atoms with Crippen LogP contribution in [0.3, 0.4) is 0 Å². The Bertz CT molecular complexity index is 879. The summed E-state index contributed by atoms with van der Waals surface area (Å²) in [6.07, 6.45) is 1.75. The van der Waals surface area contributed by atoms with E-state index in [9.17, 15) is 14.4 Å². The maximum absolute atomic E-state index is 12.4. The number of ketones is 1. The Balaban J connectivity index is 1.41. The highest BCUT2D eigenvalue weighted by Crippen LogP contribution is 2.27. The highest BCUT2D eigenvalue weighted by Gasteiger charge is 2.19. The van der Waals surface area contributed by atoms with Crippen LogP contribution in [0.25, 0.3) is 0 Å². The van der Waals surface area contributed by atoms with Gasteiger partial charge in [0.15, 0.2) is 12.4 Å². The van der Waals surface area contributed by atoms with Crippen molar-refractivity contribution < 1.29 is 23.9 Å². The number of nitrogens with one attached hydrogen (secondary N) is 1. The molecule has 1 aliphatic rings. The molecule has 2 aromatic rings. The predicted molar refractivity (Wildman–Crippen MR) is 109 cm³/mol. The Morgan fingerprint density at radius 2 is 1.83 bits per heavy atom. The molecule has 1 heterocycles. The minimum Gasteiger partial charge on any atom is -0.494 e. The first-order chi connectivity index (χ1) is 14.1. The molecule has 0 radical (unpaired) electrons. The van der Waals surface area contributed by atoms with Gasteiger partial charge in [0.1, 0.15) is 11.5 Å². The molecule has 0 saturated heterocycles. The van der Waals surface area contributed by atoms with Crippen LogP contribution in [0.4, 0.5) is 5.69 Å². The fraction of sp³-hybridized carbons (Fsp3) is 0.318. The molecule has 0 fully saturated rings. The zero-order valence-corrected chi connectivity index (χ0v) is 16.3. The molecule has 0 unspecified atom stereocenters. The molecule has 7 heteroatoms. The Labute approximate surface area is 169 Å². The van der Waals surface area contributed by atoms with E-state index in [4.69, 9.17) is 9.47 Å². The molecule has 2 aromatic carbocycles. The van der Waals surface area contributed by atoms with E-state index >= 15 is 0 Å². The molecule has 7 nitrogen and oxygen atoms in total. The number of ether oxygens (including phenoxy) is 2. The summed E-state index contributed by atoms with van der Waals surface area (Å²) in [4.78, 5) is 36.9. The number of benzene rings is 2. The van der Waals surface area contributed by atoms with Gasteiger partial charge in [-0.3, -0.25) is 14.4 Å². The number of carbonyl (C=O) groups excluding carboxylic acids is 3. The molecular weight excluding hydrogens is 372 g/mol. The van der Waals surface area contributed by atoms with Gasteiger partial charge < -0.3 is 19.7 Å². The lowest BCUT2D eigenvalue weighted by Crippen LogP contribution is -2.30. The van der Waals surface area contributed by atoms with Gasteiger partial charge in [0.2, 0.25) is 6.41 Å². The highest BCUT2D eigenvalue weighted by molar-refractivity contribution is 5.97. The summed E-state index contributed by atoms with van der Waals surface area (Å²) in [5.41, 5.74) is 2.45. The maximum atomic E-state index is 12.4. The van der Waals surface area contributed by atoms with Crippen molar-refractivity contribution in [3.63, 3.8) is 0 Å². The van der Waals surface area contributed by atoms with E-state index in [1.165, 1.54) is 0 Å². The Hall–Kier alpha value is -3.35. The van der Waals surface area contributed by atoms with Crippen LogP contribution >= 0.6 is 0 Å². The number of fused-ring (bicyclic) bond motifs is 1. The average molecular weight is 396 g/mol. The van der Waals surface area contributed by atoms with Crippen molar-refractivity contribution in [2.24, 2.45) is 0 Å². The summed E-state index contributed by atoms with van der Waals surface area (Å²) in [7, 11) is 0. The molecule has 1 aliphatic heterocycles. The van der Waals surface area contributed by atoms with Gasteiger partial charge in [-0.2, -0.15) is 0 Å². The van der Waals surface area contributed by atoms with Gasteiger partial charge in [0, 0.05) is 30.8 Å². The van der Waals surface area contributed by atoms with Crippen molar-refractivity contribution in [1.29, 1.82) is 0 Å². The van der Waals surface area contributed by atoms with Crippen LogP contribution in [0, 0.1) is 0 Å². The number of Topliss-reactive ketones (excluding diaryl/α,β-unsaturated/α-hetero) is 1. The lowest BCUT2D eigenvalue weighted by Gasteiger charge is -2.10.